The van der Waals surface area contributed by atoms with Crippen LogP contribution >= 0.6 is 12.2 Å². The quantitative estimate of drug-likeness (QED) is 0.484. The first-order chi connectivity index (χ1) is 14.9. The van der Waals surface area contributed by atoms with Crippen molar-refractivity contribution in [2.45, 2.75) is 20.0 Å². The molecular weight excluding hydrogens is 410 g/mol. The van der Waals surface area contributed by atoms with E-state index in [9.17, 15) is 9.59 Å². The van der Waals surface area contributed by atoms with Crippen LogP contribution in [0.15, 0.2) is 78.9 Å². The second-order valence-electron chi connectivity index (χ2n) is 7.00. The summed E-state index contributed by atoms with van der Waals surface area (Å²) >= 11 is 5.25. The number of hydrogen-bond donors (Lipinski definition) is 3. The molecule has 3 rings (SSSR count). The van der Waals surface area contributed by atoms with Crippen molar-refractivity contribution in [3.63, 3.8) is 0 Å². The Labute approximate surface area is 186 Å². The molecule has 0 spiro atoms. The Kier molecular flexibility index (Phi) is 7.35. The molecule has 0 unspecified atom stereocenters. The zero-order valence-electron chi connectivity index (χ0n) is 17.2. The van der Waals surface area contributed by atoms with E-state index >= 15 is 0 Å². The Morgan fingerprint density at radius 1 is 0.774 bits per heavy atom. The first-order valence-corrected chi connectivity index (χ1v) is 10.2. The molecule has 158 valence electrons. The van der Waals surface area contributed by atoms with Gasteiger partial charge in [0.25, 0.3) is 11.8 Å². The van der Waals surface area contributed by atoms with Crippen molar-refractivity contribution in [2.24, 2.45) is 0 Å². The average Bonchev–Trinajstić information content (AvgIpc) is 2.74. The van der Waals surface area contributed by atoms with Gasteiger partial charge in [0, 0.05) is 22.5 Å². The number of ether oxygens (including phenoxy) is 1. The molecule has 0 radical (unpaired) electrons. The molecule has 0 bridgehead atoms. The van der Waals surface area contributed by atoms with Gasteiger partial charge in [-0.2, -0.15) is 0 Å². The zero-order chi connectivity index (χ0) is 22.2. The van der Waals surface area contributed by atoms with Gasteiger partial charge in [-0.15, -0.1) is 0 Å². The highest BCUT2D eigenvalue weighted by atomic mass is 32.1. The molecule has 0 aliphatic carbocycles. The molecule has 0 saturated carbocycles. The van der Waals surface area contributed by atoms with Gasteiger partial charge < -0.3 is 15.4 Å². The predicted octanol–water partition coefficient (Wildman–Crippen LogP) is 4.85. The van der Waals surface area contributed by atoms with Gasteiger partial charge in [-0.1, -0.05) is 30.3 Å². The third kappa shape index (κ3) is 6.65. The van der Waals surface area contributed by atoms with Gasteiger partial charge in [0.15, 0.2) is 5.11 Å². The number of anilines is 2. The summed E-state index contributed by atoms with van der Waals surface area (Å²) in [6.45, 7) is 3.83. The molecule has 3 aromatic rings. The lowest BCUT2D eigenvalue weighted by atomic mass is 10.2. The summed E-state index contributed by atoms with van der Waals surface area (Å²) in [5, 5.41) is 8.53. The lowest BCUT2D eigenvalue weighted by Gasteiger charge is -2.13. The maximum absolute atomic E-state index is 12.5. The average molecular weight is 434 g/mol. The van der Waals surface area contributed by atoms with E-state index in [2.05, 4.69) is 16.0 Å². The largest absolute Gasteiger partial charge is 0.491 e. The molecule has 0 heterocycles. The fourth-order valence-electron chi connectivity index (χ4n) is 2.78. The highest BCUT2D eigenvalue weighted by molar-refractivity contribution is 7.80. The number of para-hydroxylation sites is 1. The SMILES string of the molecule is CC(C)Oc1cccc(C(=O)NC(=S)Nc2cccc(C(=O)Nc3ccccc3)c2)c1. The molecule has 31 heavy (non-hydrogen) atoms. The van der Waals surface area contributed by atoms with Crippen LogP contribution in [0.2, 0.25) is 0 Å². The van der Waals surface area contributed by atoms with E-state index < -0.39 is 0 Å². The molecule has 0 fully saturated rings. The summed E-state index contributed by atoms with van der Waals surface area (Å²) in [7, 11) is 0. The number of thiocarbonyl (C=S) groups is 1. The number of nitrogens with one attached hydrogen (secondary N) is 3. The zero-order valence-corrected chi connectivity index (χ0v) is 18.0. The summed E-state index contributed by atoms with van der Waals surface area (Å²) in [5.41, 5.74) is 2.18. The molecule has 2 amide bonds. The van der Waals surface area contributed by atoms with Crippen molar-refractivity contribution in [1.29, 1.82) is 0 Å². The van der Waals surface area contributed by atoms with E-state index in [1.807, 2.05) is 44.2 Å². The Balaban J connectivity index is 1.61. The topological polar surface area (TPSA) is 79.5 Å². The van der Waals surface area contributed by atoms with Gasteiger partial charge in [0.1, 0.15) is 5.75 Å². The molecule has 0 aliphatic rings. The van der Waals surface area contributed by atoms with Crippen LogP contribution in [0.4, 0.5) is 11.4 Å². The lowest BCUT2D eigenvalue weighted by Crippen LogP contribution is -2.34. The molecular formula is C24H23N3O3S. The van der Waals surface area contributed by atoms with Crippen LogP contribution in [0.3, 0.4) is 0 Å². The number of rotatable bonds is 6. The van der Waals surface area contributed by atoms with Crippen LogP contribution in [0.1, 0.15) is 34.6 Å². The molecule has 3 aromatic carbocycles. The van der Waals surface area contributed by atoms with E-state index in [1.54, 1.807) is 48.5 Å². The summed E-state index contributed by atoms with van der Waals surface area (Å²) in [5.74, 6) is 0.00936. The van der Waals surface area contributed by atoms with Gasteiger partial charge in [-0.25, -0.2) is 0 Å². The molecule has 6 nitrogen and oxygen atoms in total. The third-order valence-corrected chi connectivity index (χ3v) is 4.31. The van der Waals surface area contributed by atoms with E-state index in [1.165, 1.54) is 0 Å². The van der Waals surface area contributed by atoms with Gasteiger partial charge in [-0.3, -0.25) is 14.9 Å². The second-order valence-corrected chi connectivity index (χ2v) is 7.41. The van der Waals surface area contributed by atoms with Gasteiger partial charge >= 0.3 is 0 Å². The highest BCUT2D eigenvalue weighted by Crippen LogP contribution is 2.16. The van der Waals surface area contributed by atoms with Crippen LogP contribution in [0, 0.1) is 0 Å². The first kappa shape index (κ1) is 22.0. The van der Waals surface area contributed by atoms with Crippen LogP contribution in [0.25, 0.3) is 0 Å². The Hall–Kier alpha value is -3.71. The Bertz CT molecular complexity index is 1080. The number of benzene rings is 3. The summed E-state index contributed by atoms with van der Waals surface area (Å²) < 4.78 is 5.62. The minimum absolute atomic E-state index is 0.00687. The summed E-state index contributed by atoms with van der Waals surface area (Å²) in [6.07, 6.45) is 0.00687. The van der Waals surface area contributed by atoms with E-state index in [0.717, 1.165) is 0 Å². The maximum Gasteiger partial charge on any atom is 0.257 e. The molecule has 0 atom stereocenters. The summed E-state index contributed by atoms with van der Waals surface area (Å²) in [6, 6.07) is 22.9. The molecule has 0 aliphatic heterocycles. The van der Waals surface area contributed by atoms with Crippen molar-refractivity contribution in [3.8, 4) is 5.75 Å². The van der Waals surface area contributed by atoms with Crippen molar-refractivity contribution in [1.82, 2.24) is 5.32 Å². The first-order valence-electron chi connectivity index (χ1n) is 9.76. The predicted molar refractivity (Wildman–Crippen MR) is 127 cm³/mol. The number of carbonyl (C=O) groups is 2. The third-order valence-electron chi connectivity index (χ3n) is 4.11. The van der Waals surface area contributed by atoms with Crippen LogP contribution in [-0.2, 0) is 0 Å². The van der Waals surface area contributed by atoms with E-state index in [-0.39, 0.29) is 23.0 Å². The molecule has 7 heteroatoms. The normalized spacial score (nSPS) is 10.3. The lowest BCUT2D eigenvalue weighted by molar-refractivity contribution is 0.0975. The molecule has 0 aromatic heterocycles. The van der Waals surface area contributed by atoms with Crippen molar-refractivity contribution in [2.75, 3.05) is 10.6 Å². The fourth-order valence-corrected chi connectivity index (χ4v) is 2.99. The van der Waals surface area contributed by atoms with Gasteiger partial charge in [0.05, 0.1) is 6.10 Å². The summed E-state index contributed by atoms with van der Waals surface area (Å²) in [4.78, 5) is 25.0. The highest BCUT2D eigenvalue weighted by Gasteiger charge is 2.11. The van der Waals surface area contributed by atoms with Crippen LogP contribution < -0.4 is 20.7 Å². The number of carbonyl (C=O) groups excluding carboxylic acids is 2. The molecule has 3 N–H and O–H groups in total. The Morgan fingerprint density at radius 3 is 2.13 bits per heavy atom. The monoisotopic (exact) mass is 433 g/mol. The second kappa shape index (κ2) is 10.4. The Morgan fingerprint density at radius 2 is 1.42 bits per heavy atom. The smallest absolute Gasteiger partial charge is 0.257 e. The van der Waals surface area contributed by atoms with Crippen molar-refractivity contribution >= 4 is 40.5 Å². The fraction of sp³-hybridized carbons (Fsp3) is 0.125. The van der Waals surface area contributed by atoms with Crippen molar-refractivity contribution < 1.29 is 14.3 Å². The standard InChI is InChI=1S/C24H23N3O3S/c1-16(2)30-21-13-7-9-18(15-21)23(29)27-24(31)26-20-12-6-8-17(14-20)22(28)25-19-10-4-3-5-11-19/h3-16H,1-2H3,(H,25,28)(H2,26,27,29,31). The number of hydrogen-bond acceptors (Lipinski definition) is 4. The van der Waals surface area contributed by atoms with Gasteiger partial charge in [-0.05, 0) is 74.6 Å². The minimum atomic E-state index is -0.357. The minimum Gasteiger partial charge on any atom is -0.491 e. The maximum atomic E-state index is 12.5. The van der Waals surface area contributed by atoms with Crippen LogP contribution in [-0.4, -0.2) is 23.0 Å². The van der Waals surface area contributed by atoms with E-state index in [4.69, 9.17) is 17.0 Å². The van der Waals surface area contributed by atoms with E-state index in [0.29, 0.717) is 28.3 Å². The van der Waals surface area contributed by atoms with Crippen molar-refractivity contribution in [3.05, 3.63) is 90.0 Å². The van der Waals surface area contributed by atoms with Gasteiger partial charge in [0.2, 0.25) is 0 Å². The van der Waals surface area contributed by atoms with Crippen LogP contribution in [0.5, 0.6) is 5.75 Å². The number of amides is 2. The molecule has 0 saturated heterocycles.